The third-order valence-electron chi connectivity index (χ3n) is 3.76. The molecule has 0 aliphatic carbocycles. The summed E-state index contributed by atoms with van der Waals surface area (Å²) in [5.74, 6) is 1.21. The van der Waals surface area contributed by atoms with E-state index in [2.05, 4.69) is 5.32 Å². The van der Waals surface area contributed by atoms with Gasteiger partial charge in [-0.1, -0.05) is 44.2 Å². The van der Waals surface area contributed by atoms with Gasteiger partial charge < -0.3 is 14.8 Å². The second kappa shape index (κ2) is 7.18. The average molecular weight is 313 g/mol. The number of anilines is 1. The predicted molar refractivity (Wildman–Crippen MR) is 92.1 cm³/mol. The number of amides is 1. The molecule has 2 rings (SSSR count). The van der Waals surface area contributed by atoms with Crippen LogP contribution in [-0.4, -0.2) is 20.1 Å². The number of benzene rings is 2. The molecule has 0 heterocycles. The number of carbonyl (C=O) groups excluding carboxylic acids is 1. The largest absolute Gasteiger partial charge is 0.497 e. The van der Waals surface area contributed by atoms with E-state index in [0.717, 1.165) is 5.56 Å². The maximum atomic E-state index is 12.7. The van der Waals surface area contributed by atoms with Crippen molar-refractivity contribution in [1.82, 2.24) is 0 Å². The molecule has 2 aromatic carbocycles. The van der Waals surface area contributed by atoms with Crippen molar-refractivity contribution < 1.29 is 14.3 Å². The minimum Gasteiger partial charge on any atom is -0.497 e. The SMILES string of the molecule is COc1ccc(NC(=O)C(C)(C)Cc2ccccc2)c(OC)c1. The zero-order valence-corrected chi connectivity index (χ0v) is 14.1. The molecule has 0 atom stereocenters. The maximum Gasteiger partial charge on any atom is 0.230 e. The minimum atomic E-state index is -0.535. The molecular weight excluding hydrogens is 290 g/mol. The molecule has 1 N–H and O–H groups in total. The van der Waals surface area contributed by atoms with Gasteiger partial charge in [0.2, 0.25) is 5.91 Å². The normalized spacial score (nSPS) is 11.0. The summed E-state index contributed by atoms with van der Waals surface area (Å²) in [6.07, 6.45) is 0.665. The molecule has 2 aromatic rings. The second-order valence-electron chi connectivity index (χ2n) is 6.07. The fourth-order valence-corrected chi connectivity index (χ4v) is 2.38. The summed E-state index contributed by atoms with van der Waals surface area (Å²) < 4.78 is 10.5. The van der Waals surface area contributed by atoms with Crippen molar-refractivity contribution in [2.45, 2.75) is 20.3 Å². The number of hydrogen-bond donors (Lipinski definition) is 1. The number of hydrogen-bond acceptors (Lipinski definition) is 3. The van der Waals surface area contributed by atoms with Gasteiger partial charge in [-0.2, -0.15) is 0 Å². The lowest BCUT2D eigenvalue weighted by Gasteiger charge is -2.24. The maximum absolute atomic E-state index is 12.7. The van der Waals surface area contributed by atoms with Crippen LogP contribution in [0.2, 0.25) is 0 Å². The van der Waals surface area contributed by atoms with Crippen molar-refractivity contribution >= 4 is 11.6 Å². The molecule has 0 aromatic heterocycles. The molecule has 23 heavy (non-hydrogen) atoms. The van der Waals surface area contributed by atoms with Crippen LogP contribution in [0.1, 0.15) is 19.4 Å². The Morgan fingerprint density at radius 2 is 1.74 bits per heavy atom. The highest BCUT2D eigenvalue weighted by molar-refractivity contribution is 5.96. The molecule has 4 heteroatoms. The smallest absolute Gasteiger partial charge is 0.230 e. The van der Waals surface area contributed by atoms with Gasteiger partial charge >= 0.3 is 0 Å². The number of ether oxygens (including phenoxy) is 2. The predicted octanol–water partition coefficient (Wildman–Crippen LogP) is 3.91. The van der Waals surface area contributed by atoms with Crippen LogP contribution < -0.4 is 14.8 Å². The molecule has 0 aliphatic rings. The Morgan fingerprint density at radius 3 is 2.35 bits per heavy atom. The first-order chi connectivity index (χ1) is 11.0. The van der Waals surface area contributed by atoms with Crippen molar-refractivity contribution in [3.63, 3.8) is 0 Å². The summed E-state index contributed by atoms with van der Waals surface area (Å²) in [5.41, 5.74) is 1.24. The monoisotopic (exact) mass is 313 g/mol. The Balaban J connectivity index is 2.14. The highest BCUT2D eigenvalue weighted by Crippen LogP contribution is 2.31. The molecule has 0 saturated heterocycles. The van der Waals surface area contributed by atoms with Gasteiger partial charge in [-0.15, -0.1) is 0 Å². The fraction of sp³-hybridized carbons (Fsp3) is 0.316. The molecule has 1 amide bonds. The number of carbonyl (C=O) groups is 1. The molecule has 0 radical (unpaired) electrons. The first-order valence-electron chi connectivity index (χ1n) is 7.53. The van der Waals surface area contributed by atoms with Gasteiger partial charge in [0, 0.05) is 11.5 Å². The zero-order chi connectivity index (χ0) is 16.9. The summed E-state index contributed by atoms with van der Waals surface area (Å²) in [5, 5.41) is 2.95. The Labute approximate surface area is 137 Å². The van der Waals surface area contributed by atoms with Crippen LogP contribution in [0.5, 0.6) is 11.5 Å². The third-order valence-corrected chi connectivity index (χ3v) is 3.76. The first-order valence-corrected chi connectivity index (χ1v) is 7.53. The van der Waals surface area contributed by atoms with Crippen LogP contribution >= 0.6 is 0 Å². The standard InChI is InChI=1S/C19H23NO3/c1-19(2,13-14-8-6-5-7-9-14)18(21)20-16-11-10-15(22-3)12-17(16)23-4/h5-12H,13H2,1-4H3,(H,20,21). The quantitative estimate of drug-likeness (QED) is 0.879. The van der Waals surface area contributed by atoms with Crippen LogP contribution in [0, 0.1) is 5.41 Å². The lowest BCUT2D eigenvalue weighted by atomic mass is 9.84. The zero-order valence-electron chi connectivity index (χ0n) is 14.1. The van der Waals surface area contributed by atoms with Gasteiger partial charge in [0.1, 0.15) is 11.5 Å². The molecule has 0 spiro atoms. The average Bonchev–Trinajstić information content (AvgIpc) is 2.55. The molecule has 0 saturated carbocycles. The summed E-state index contributed by atoms with van der Waals surface area (Å²) in [6, 6.07) is 15.3. The van der Waals surface area contributed by atoms with Gasteiger partial charge in [0.25, 0.3) is 0 Å². The van der Waals surface area contributed by atoms with Crippen molar-refractivity contribution in [2.75, 3.05) is 19.5 Å². The summed E-state index contributed by atoms with van der Waals surface area (Å²) in [6.45, 7) is 3.87. The van der Waals surface area contributed by atoms with Crippen LogP contribution in [-0.2, 0) is 11.2 Å². The van der Waals surface area contributed by atoms with Gasteiger partial charge in [0.15, 0.2) is 0 Å². The Kier molecular flexibility index (Phi) is 5.27. The van der Waals surface area contributed by atoms with E-state index < -0.39 is 5.41 Å². The molecule has 0 aliphatic heterocycles. The van der Waals surface area contributed by atoms with E-state index in [0.29, 0.717) is 23.6 Å². The van der Waals surface area contributed by atoms with Crippen molar-refractivity contribution in [2.24, 2.45) is 5.41 Å². The van der Waals surface area contributed by atoms with Gasteiger partial charge in [-0.25, -0.2) is 0 Å². The van der Waals surface area contributed by atoms with Crippen molar-refractivity contribution in [3.8, 4) is 11.5 Å². The highest BCUT2D eigenvalue weighted by Gasteiger charge is 2.28. The molecule has 122 valence electrons. The topological polar surface area (TPSA) is 47.6 Å². The van der Waals surface area contributed by atoms with Crippen LogP contribution in [0.4, 0.5) is 5.69 Å². The summed E-state index contributed by atoms with van der Waals surface area (Å²) in [4.78, 5) is 12.7. The third kappa shape index (κ3) is 4.25. The van der Waals surface area contributed by atoms with E-state index in [1.807, 2.05) is 44.2 Å². The fourth-order valence-electron chi connectivity index (χ4n) is 2.38. The first kappa shape index (κ1) is 16.9. The summed E-state index contributed by atoms with van der Waals surface area (Å²) >= 11 is 0. The Bertz CT molecular complexity index is 666. The van der Waals surface area contributed by atoms with Gasteiger partial charge in [0.05, 0.1) is 19.9 Å². The van der Waals surface area contributed by atoms with Crippen LogP contribution in [0.3, 0.4) is 0 Å². The Hall–Kier alpha value is -2.49. The van der Waals surface area contributed by atoms with E-state index in [-0.39, 0.29) is 5.91 Å². The van der Waals surface area contributed by atoms with Crippen LogP contribution in [0.15, 0.2) is 48.5 Å². The molecule has 0 fully saturated rings. The minimum absolute atomic E-state index is 0.0511. The number of rotatable bonds is 6. The summed E-state index contributed by atoms with van der Waals surface area (Å²) in [7, 11) is 3.16. The Morgan fingerprint density at radius 1 is 1.04 bits per heavy atom. The molecule has 0 bridgehead atoms. The molecule has 0 unspecified atom stereocenters. The second-order valence-corrected chi connectivity index (χ2v) is 6.07. The van der Waals surface area contributed by atoms with Crippen molar-refractivity contribution in [1.29, 1.82) is 0 Å². The van der Waals surface area contributed by atoms with E-state index in [4.69, 9.17) is 9.47 Å². The van der Waals surface area contributed by atoms with Gasteiger partial charge in [-0.3, -0.25) is 4.79 Å². The van der Waals surface area contributed by atoms with Crippen LogP contribution in [0.25, 0.3) is 0 Å². The van der Waals surface area contributed by atoms with E-state index in [1.54, 1.807) is 32.4 Å². The van der Waals surface area contributed by atoms with Crippen molar-refractivity contribution in [3.05, 3.63) is 54.1 Å². The molecular formula is C19H23NO3. The molecule has 4 nitrogen and oxygen atoms in total. The lowest BCUT2D eigenvalue weighted by Crippen LogP contribution is -2.32. The van der Waals surface area contributed by atoms with E-state index in [1.165, 1.54) is 0 Å². The van der Waals surface area contributed by atoms with E-state index >= 15 is 0 Å². The highest BCUT2D eigenvalue weighted by atomic mass is 16.5. The van der Waals surface area contributed by atoms with Gasteiger partial charge in [-0.05, 0) is 24.1 Å². The van der Waals surface area contributed by atoms with E-state index in [9.17, 15) is 4.79 Å². The number of nitrogens with one attached hydrogen (secondary N) is 1. The number of methoxy groups -OCH3 is 2. The lowest BCUT2D eigenvalue weighted by molar-refractivity contribution is -0.123.